The summed E-state index contributed by atoms with van der Waals surface area (Å²) in [5, 5.41) is 14.4. The molecule has 0 saturated carbocycles. The fraction of sp³-hybridized carbons (Fsp3) is 0.562. The van der Waals surface area contributed by atoms with Crippen molar-refractivity contribution in [3.63, 3.8) is 0 Å². The van der Waals surface area contributed by atoms with Gasteiger partial charge in [0.25, 0.3) is 0 Å². The Hall–Kier alpha value is -2.31. The van der Waals surface area contributed by atoms with E-state index in [0.29, 0.717) is 0 Å². The van der Waals surface area contributed by atoms with Crippen LogP contribution in [-0.4, -0.2) is 57.4 Å². The van der Waals surface area contributed by atoms with Crippen molar-refractivity contribution in [3.8, 4) is 0 Å². The molecule has 3 heterocycles. The fourth-order valence-corrected chi connectivity index (χ4v) is 3.32. The Morgan fingerprint density at radius 2 is 1.83 bits per heavy atom. The van der Waals surface area contributed by atoms with Gasteiger partial charge in [-0.05, 0) is 27.7 Å². The molecule has 1 aliphatic rings. The number of aryl methyl sites for hydroxylation is 3. The molecule has 1 fully saturated rings. The van der Waals surface area contributed by atoms with Crippen LogP contribution >= 0.6 is 0 Å². The smallest absolute Gasteiger partial charge is 0.230 e. The topological polar surface area (TPSA) is 80.9 Å². The fourth-order valence-electron chi connectivity index (χ4n) is 3.32. The summed E-state index contributed by atoms with van der Waals surface area (Å²) in [5.41, 5.74) is 3.97. The van der Waals surface area contributed by atoms with Gasteiger partial charge in [0.1, 0.15) is 0 Å². The van der Waals surface area contributed by atoms with Crippen LogP contribution in [-0.2, 0) is 4.79 Å². The third-order valence-electron chi connectivity index (χ3n) is 4.60. The van der Waals surface area contributed by atoms with Crippen molar-refractivity contribution in [2.24, 2.45) is 0 Å². The molecule has 0 spiro atoms. The molecule has 2 aromatic rings. The number of rotatable bonds is 3. The van der Waals surface area contributed by atoms with E-state index in [9.17, 15) is 4.79 Å². The summed E-state index contributed by atoms with van der Waals surface area (Å²) in [6.45, 7) is 11.0. The molecule has 1 aliphatic heterocycles. The molecular formula is C16H24N6O. The van der Waals surface area contributed by atoms with E-state index < -0.39 is 0 Å². The zero-order valence-electron chi connectivity index (χ0n) is 14.2. The number of hydrogen-bond donors (Lipinski definition) is 2. The molecule has 0 bridgehead atoms. The largest absolute Gasteiger partial charge is 0.352 e. The van der Waals surface area contributed by atoms with Gasteiger partial charge in [-0.1, -0.05) is 0 Å². The van der Waals surface area contributed by atoms with Gasteiger partial charge in [-0.2, -0.15) is 10.2 Å². The molecule has 1 unspecified atom stereocenters. The van der Waals surface area contributed by atoms with Crippen LogP contribution in [0.15, 0.2) is 6.07 Å². The van der Waals surface area contributed by atoms with Crippen LogP contribution in [0, 0.1) is 20.8 Å². The van der Waals surface area contributed by atoms with Crippen LogP contribution in [0.25, 0.3) is 0 Å². The predicted octanol–water partition coefficient (Wildman–Crippen LogP) is 1.51. The van der Waals surface area contributed by atoms with Gasteiger partial charge in [0.05, 0.1) is 11.6 Å². The van der Waals surface area contributed by atoms with Crippen molar-refractivity contribution < 1.29 is 4.79 Å². The first-order valence-electron chi connectivity index (χ1n) is 8.04. The number of carbonyl (C=O) groups is 1. The third kappa shape index (κ3) is 2.95. The molecule has 3 rings (SSSR count). The molecule has 7 heteroatoms. The lowest BCUT2D eigenvalue weighted by Crippen LogP contribution is -2.50. The van der Waals surface area contributed by atoms with E-state index in [-0.39, 0.29) is 11.8 Å². The van der Waals surface area contributed by atoms with Crippen molar-refractivity contribution in [1.82, 2.24) is 25.3 Å². The summed E-state index contributed by atoms with van der Waals surface area (Å²) in [6.07, 6.45) is 0. The predicted molar refractivity (Wildman–Crippen MR) is 88.6 cm³/mol. The van der Waals surface area contributed by atoms with E-state index in [1.807, 2.05) is 38.7 Å². The molecule has 1 saturated heterocycles. The van der Waals surface area contributed by atoms with E-state index in [2.05, 4.69) is 25.3 Å². The van der Waals surface area contributed by atoms with Gasteiger partial charge in [-0.15, -0.1) is 0 Å². The van der Waals surface area contributed by atoms with Gasteiger partial charge in [-0.3, -0.25) is 15.0 Å². The molecule has 0 aliphatic carbocycles. The number of amides is 1. The molecular weight excluding hydrogens is 292 g/mol. The van der Waals surface area contributed by atoms with Crippen molar-refractivity contribution in [3.05, 3.63) is 28.7 Å². The van der Waals surface area contributed by atoms with Crippen LogP contribution in [0.2, 0.25) is 0 Å². The molecule has 0 radical (unpaired) electrons. The Bertz CT molecular complexity index is 676. The maximum absolute atomic E-state index is 12.8. The van der Waals surface area contributed by atoms with Gasteiger partial charge in [0.15, 0.2) is 5.82 Å². The molecule has 0 aromatic carbocycles. The Kier molecular flexibility index (Phi) is 4.11. The number of carbonyl (C=O) groups excluding carboxylic acids is 1. The minimum absolute atomic E-state index is 0.159. The SMILES string of the molecule is Cc1cc(N2CCN(C(=O)C(C)c3c(C)n[nH]c3C)CC2)n[nH]1. The van der Waals surface area contributed by atoms with Crippen LogP contribution in [0.1, 0.15) is 35.5 Å². The van der Waals surface area contributed by atoms with Crippen LogP contribution in [0.5, 0.6) is 0 Å². The highest BCUT2D eigenvalue weighted by atomic mass is 16.2. The molecule has 1 atom stereocenters. The molecule has 23 heavy (non-hydrogen) atoms. The quantitative estimate of drug-likeness (QED) is 0.899. The highest BCUT2D eigenvalue weighted by molar-refractivity contribution is 5.84. The minimum atomic E-state index is -0.159. The summed E-state index contributed by atoms with van der Waals surface area (Å²) in [7, 11) is 0. The van der Waals surface area contributed by atoms with E-state index in [4.69, 9.17) is 0 Å². The standard InChI is InChI=1S/C16H24N6O/c1-10-9-14(20-17-10)21-5-7-22(8-6-21)16(23)11(2)15-12(3)18-19-13(15)4/h9,11H,5-8H2,1-4H3,(H,17,20)(H,18,19). The van der Waals surface area contributed by atoms with Gasteiger partial charge in [0, 0.05) is 49.2 Å². The zero-order valence-corrected chi connectivity index (χ0v) is 14.2. The summed E-state index contributed by atoms with van der Waals surface area (Å²) in [4.78, 5) is 17.0. The summed E-state index contributed by atoms with van der Waals surface area (Å²) in [5.74, 6) is 0.979. The molecule has 2 N–H and O–H groups in total. The monoisotopic (exact) mass is 316 g/mol. The van der Waals surface area contributed by atoms with Gasteiger partial charge in [0.2, 0.25) is 5.91 Å². The highest BCUT2D eigenvalue weighted by Gasteiger charge is 2.28. The second-order valence-corrected chi connectivity index (χ2v) is 6.29. The average molecular weight is 316 g/mol. The van der Waals surface area contributed by atoms with Crippen LogP contribution in [0.4, 0.5) is 5.82 Å². The molecule has 1 amide bonds. The highest BCUT2D eigenvalue weighted by Crippen LogP contribution is 2.24. The van der Waals surface area contributed by atoms with E-state index in [1.165, 1.54) is 0 Å². The Morgan fingerprint density at radius 1 is 1.13 bits per heavy atom. The summed E-state index contributed by atoms with van der Waals surface area (Å²) in [6, 6.07) is 2.04. The lowest BCUT2D eigenvalue weighted by Gasteiger charge is -2.36. The Labute approximate surface area is 136 Å². The van der Waals surface area contributed by atoms with Gasteiger partial charge >= 0.3 is 0 Å². The number of hydrogen-bond acceptors (Lipinski definition) is 4. The Morgan fingerprint density at radius 3 is 2.35 bits per heavy atom. The van der Waals surface area contributed by atoms with Crippen LogP contribution in [0.3, 0.4) is 0 Å². The number of piperazine rings is 1. The number of H-pyrrole nitrogens is 2. The van der Waals surface area contributed by atoms with E-state index >= 15 is 0 Å². The number of nitrogens with zero attached hydrogens (tertiary/aromatic N) is 4. The zero-order chi connectivity index (χ0) is 16.6. The summed E-state index contributed by atoms with van der Waals surface area (Å²) < 4.78 is 0. The third-order valence-corrected chi connectivity index (χ3v) is 4.60. The maximum atomic E-state index is 12.8. The first-order valence-corrected chi connectivity index (χ1v) is 8.04. The van der Waals surface area contributed by atoms with Crippen LogP contribution < -0.4 is 4.90 Å². The maximum Gasteiger partial charge on any atom is 0.230 e. The van der Waals surface area contributed by atoms with Gasteiger partial charge < -0.3 is 9.80 Å². The Balaban J connectivity index is 1.64. The average Bonchev–Trinajstić information content (AvgIpc) is 3.12. The molecule has 2 aromatic heterocycles. The second-order valence-electron chi connectivity index (χ2n) is 6.29. The lowest BCUT2D eigenvalue weighted by molar-refractivity contribution is -0.132. The van der Waals surface area contributed by atoms with Gasteiger partial charge in [-0.25, -0.2) is 0 Å². The first-order chi connectivity index (χ1) is 11.0. The van der Waals surface area contributed by atoms with Crippen molar-refractivity contribution in [2.45, 2.75) is 33.6 Å². The molecule has 124 valence electrons. The number of aromatic amines is 2. The lowest BCUT2D eigenvalue weighted by atomic mass is 9.97. The van der Waals surface area contributed by atoms with Crippen molar-refractivity contribution >= 4 is 11.7 Å². The summed E-state index contributed by atoms with van der Waals surface area (Å²) >= 11 is 0. The first kappa shape index (κ1) is 15.6. The molecule has 7 nitrogen and oxygen atoms in total. The number of aromatic nitrogens is 4. The second kappa shape index (κ2) is 6.06. The number of nitrogens with one attached hydrogen (secondary N) is 2. The van der Waals surface area contributed by atoms with Crippen molar-refractivity contribution in [1.29, 1.82) is 0 Å². The minimum Gasteiger partial charge on any atom is -0.352 e. The number of anilines is 1. The normalized spacial score (nSPS) is 16.7. The van der Waals surface area contributed by atoms with Crippen molar-refractivity contribution in [2.75, 3.05) is 31.1 Å². The van der Waals surface area contributed by atoms with E-state index in [1.54, 1.807) is 0 Å². The van der Waals surface area contributed by atoms with E-state index in [0.717, 1.165) is 54.6 Å².